The molecule has 1 amide bonds. The number of hydrogen-bond donors (Lipinski definition) is 2. The van der Waals surface area contributed by atoms with Crippen molar-refractivity contribution in [2.45, 2.75) is 51.6 Å². The van der Waals surface area contributed by atoms with E-state index in [0.29, 0.717) is 10.9 Å². The molecule has 1 atom stereocenters. The summed E-state index contributed by atoms with van der Waals surface area (Å²) >= 11 is 0. The summed E-state index contributed by atoms with van der Waals surface area (Å²) in [6.45, 7) is 2.18. The first-order valence-corrected chi connectivity index (χ1v) is 10.2. The third-order valence-electron chi connectivity index (χ3n) is 5.72. The van der Waals surface area contributed by atoms with Crippen molar-refractivity contribution in [3.63, 3.8) is 0 Å². The fourth-order valence-corrected chi connectivity index (χ4v) is 4.10. The minimum atomic E-state index is -0.496. The summed E-state index contributed by atoms with van der Waals surface area (Å²) in [5, 5.41) is 3.47. The number of hydrogen-bond acceptors (Lipinski definition) is 3. The van der Waals surface area contributed by atoms with E-state index in [2.05, 4.69) is 28.5 Å². The zero-order valence-electron chi connectivity index (χ0n) is 16.5. The van der Waals surface area contributed by atoms with Gasteiger partial charge in [0.05, 0.1) is 16.9 Å². The van der Waals surface area contributed by atoms with Crippen LogP contribution in [0.4, 0.5) is 0 Å². The molecule has 4 rings (SSSR count). The van der Waals surface area contributed by atoms with Gasteiger partial charge < -0.3 is 5.32 Å². The van der Waals surface area contributed by atoms with Gasteiger partial charge in [-0.1, -0.05) is 30.3 Å². The molecule has 0 fully saturated rings. The minimum absolute atomic E-state index is 0.0984. The Morgan fingerprint density at radius 3 is 2.69 bits per heavy atom. The van der Waals surface area contributed by atoms with E-state index in [1.54, 1.807) is 24.3 Å². The fourth-order valence-electron chi connectivity index (χ4n) is 4.10. The van der Waals surface area contributed by atoms with Crippen LogP contribution in [0.25, 0.3) is 10.9 Å². The molecular weight excluding hydrogens is 366 g/mol. The molecule has 1 heterocycles. The van der Waals surface area contributed by atoms with Gasteiger partial charge in [-0.15, -0.1) is 0 Å². The SMILES string of the molecule is CC(NC(=O)CCn1c(=O)[nH]c(=O)c2ccccc21)c1ccc2c(c1)CCCC2. The predicted molar refractivity (Wildman–Crippen MR) is 113 cm³/mol. The molecule has 1 aliphatic rings. The Kier molecular flexibility index (Phi) is 5.34. The van der Waals surface area contributed by atoms with Crippen LogP contribution in [0.1, 0.15) is 48.9 Å². The average molecular weight is 391 g/mol. The van der Waals surface area contributed by atoms with E-state index in [-0.39, 0.29) is 24.9 Å². The van der Waals surface area contributed by atoms with Crippen LogP contribution in [0.3, 0.4) is 0 Å². The molecule has 0 saturated heterocycles. The van der Waals surface area contributed by atoms with Crippen molar-refractivity contribution in [2.24, 2.45) is 0 Å². The van der Waals surface area contributed by atoms with Gasteiger partial charge >= 0.3 is 5.69 Å². The highest BCUT2D eigenvalue weighted by molar-refractivity contribution is 5.79. The highest BCUT2D eigenvalue weighted by atomic mass is 16.2. The van der Waals surface area contributed by atoms with Gasteiger partial charge in [-0.05, 0) is 61.4 Å². The molecule has 0 bridgehead atoms. The van der Waals surface area contributed by atoms with E-state index in [4.69, 9.17) is 0 Å². The van der Waals surface area contributed by atoms with Gasteiger partial charge in [0.15, 0.2) is 0 Å². The number of carbonyl (C=O) groups is 1. The lowest BCUT2D eigenvalue weighted by Gasteiger charge is -2.20. The summed E-state index contributed by atoms with van der Waals surface area (Å²) in [5.41, 5.74) is 3.54. The maximum atomic E-state index is 12.5. The molecular formula is C23H25N3O3. The van der Waals surface area contributed by atoms with E-state index < -0.39 is 11.2 Å². The number of H-pyrrole nitrogens is 1. The van der Waals surface area contributed by atoms with E-state index in [9.17, 15) is 14.4 Å². The third-order valence-corrected chi connectivity index (χ3v) is 5.72. The molecule has 6 nitrogen and oxygen atoms in total. The first-order chi connectivity index (χ1) is 14.0. The molecule has 0 radical (unpaired) electrons. The number of aromatic amines is 1. The molecule has 0 aliphatic heterocycles. The Morgan fingerprint density at radius 1 is 1.10 bits per heavy atom. The van der Waals surface area contributed by atoms with Crippen molar-refractivity contribution in [2.75, 3.05) is 0 Å². The van der Waals surface area contributed by atoms with Crippen LogP contribution >= 0.6 is 0 Å². The van der Waals surface area contributed by atoms with Crippen molar-refractivity contribution < 1.29 is 4.79 Å². The van der Waals surface area contributed by atoms with Gasteiger partial charge in [0.1, 0.15) is 0 Å². The maximum Gasteiger partial charge on any atom is 0.328 e. The van der Waals surface area contributed by atoms with Crippen LogP contribution in [-0.2, 0) is 24.2 Å². The van der Waals surface area contributed by atoms with Crippen molar-refractivity contribution in [1.29, 1.82) is 0 Å². The number of fused-ring (bicyclic) bond motifs is 2. The van der Waals surface area contributed by atoms with E-state index in [0.717, 1.165) is 18.4 Å². The summed E-state index contributed by atoms with van der Waals surface area (Å²) in [4.78, 5) is 39.0. The molecule has 3 aromatic rings. The standard InChI is InChI=1S/C23H25N3O3/c1-15(17-11-10-16-6-2-3-7-18(16)14-17)24-21(27)12-13-26-20-9-5-4-8-19(20)22(28)25-23(26)29/h4-5,8-11,14-15H,2-3,6-7,12-13H2,1H3,(H,24,27)(H,25,28,29). The first-order valence-electron chi connectivity index (χ1n) is 10.2. The largest absolute Gasteiger partial charge is 0.350 e. The maximum absolute atomic E-state index is 12.5. The zero-order valence-corrected chi connectivity index (χ0v) is 16.5. The van der Waals surface area contributed by atoms with Crippen LogP contribution in [-0.4, -0.2) is 15.5 Å². The minimum Gasteiger partial charge on any atom is -0.350 e. The highest BCUT2D eigenvalue weighted by Gasteiger charge is 2.15. The fraction of sp³-hybridized carbons (Fsp3) is 0.348. The Morgan fingerprint density at radius 2 is 1.86 bits per heavy atom. The van der Waals surface area contributed by atoms with Gasteiger partial charge in [-0.3, -0.25) is 19.1 Å². The van der Waals surface area contributed by atoms with E-state index in [1.165, 1.54) is 28.5 Å². The Bertz CT molecular complexity index is 1180. The lowest BCUT2D eigenvalue weighted by atomic mass is 9.89. The molecule has 2 N–H and O–H groups in total. The average Bonchev–Trinajstić information content (AvgIpc) is 2.73. The monoisotopic (exact) mass is 391 g/mol. The van der Waals surface area contributed by atoms with Crippen LogP contribution in [0.2, 0.25) is 0 Å². The summed E-state index contributed by atoms with van der Waals surface area (Å²) in [7, 11) is 0. The lowest BCUT2D eigenvalue weighted by molar-refractivity contribution is -0.121. The second kappa shape index (κ2) is 8.07. The Labute approximate surface area is 168 Å². The van der Waals surface area contributed by atoms with Crippen molar-refractivity contribution in [3.8, 4) is 0 Å². The first kappa shape index (κ1) is 19.2. The van der Waals surface area contributed by atoms with E-state index >= 15 is 0 Å². The quantitative estimate of drug-likeness (QED) is 0.701. The number of carbonyl (C=O) groups excluding carboxylic acids is 1. The van der Waals surface area contributed by atoms with Gasteiger partial charge in [0.25, 0.3) is 5.56 Å². The van der Waals surface area contributed by atoms with Crippen LogP contribution < -0.4 is 16.6 Å². The van der Waals surface area contributed by atoms with Gasteiger partial charge in [-0.2, -0.15) is 0 Å². The number of nitrogens with one attached hydrogen (secondary N) is 2. The number of rotatable bonds is 5. The summed E-state index contributed by atoms with van der Waals surface area (Å²) in [6, 6.07) is 13.3. The molecule has 6 heteroatoms. The summed E-state index contributed by atoms with van der Waals surface area (Å²) < 4.78 is 1.44. The molecule has 1 unspecified atom stereocenters. The van der Waals surface area contributed by atoms with Gasteiger partial charge in [0, 0.05) is 13.0 Å². The van der Waals surface area contributed by atoms with Crippen LogP contribution in [0.15, 0.2) is 52.1 Å². The van der Waals surface area contributed by atoms with Gasteiger partial charge in [0.2, 0.25) is 5.91 Å². The highest BCUT2D eigenvalue weighted by Crippen LogP contribution is 2.24. The second-order valence-electron chi connectivity index (χ2n) is 7.70. The second-order valence-corrected chi connectivity index (χ2v) is 7.70. The number of amides is 1. The van der Waals surface area contributed by atoms with Gasteiger partial charge in [-0.25, -0.2) is 4.79 Å². The predicted octanol–water partition coefficient (Wildman–Crippen LogP) is 2.84. The molecule has 2 aromatic carbocycles. The smallest absolute Gasteiger partial charge is 0.328 e. The molecule has 0 spiro atoms. The van der Waals surface area contributed by atoms with Crippen molar-refractivity contribution >= 4 is 16.8 Å². The topological polar surface area (TPSA) is 84.0 Å². The number of aromatic nitrogens is 2. The molecule has 1 aromatic heterocycles. The normalized spacial score (nSPS) is 14.4. The number of aryl methyl sites for hydroxylation is 3. The number of para-hydroxylation sites is 1. The number of nitrogens with zero attached hydrogens (tertiary/aromatic N) is 1. The Balaban J connectivity index is 1.45. The van der Waals surface area contributed by atoms with Crippen LogP contribution in [0.5, 0.6) is 0 Å². The molecule has 0 saturated carbocycles. The van der Waals surface area contributed by atoms with E-state index in [1.807, 2.05) is 6.92 Å². The number of benzene rings is 2. The summed E-state index contributed by atoms with van der Waals surface area (Å²) in [5.74, 6) is -0.127. The van der Waals surface area contributed by atoms with Crippen LogP contribution in [0, 0.1) is 0 Å². The van der Waals surface area contributed by atoms with Crippen molar-refractivity contribution in [3.05, 3.63) is 80.0 Å². The lowest BCUT2D eigenvalue weighted by Crippen LogP contribution is -2.33. The van der Waals surface area contributed by atoms with Crippen molar-refractivity contribution in [1.82, 2.24) is 14.9 Å². The Hall–Kier alpha value is -3.15. The molecule has 1 aliphatic carbocycles. The molecule has 29 heavy (non-hydrogen) atoms. The summed E-state index contributed by atoms with van der Waals surface area (Å²) in [6.07, 6.45) is 4.87. The zero-order chi connectivity index (χ0) is 20.4. The molecule has 150 valence electrons. The third kappa shape index (κ3) is 4.01.